The lowest BCUT2D eigenvalue weighted by atomic mass is 10.1. The molecular weight excluding hydrogens is 606 g/mol. The van der Waals surface area contributed by atoms with E-state index >= 15 is 0 Å². The van der Waals surface area contributed by atoms with Gasteiger partial charge in [-0.3, -0.25) is 13.9 Å². The Morgan fingerprint density at radius 1 is 1.00 bits per heavy atom. The Bertz CT molecular complexity index is 1380. The number of benzene rings is 1. The second kappa shape index (κ2) is 13.3. The first-order valence-electron chi connectivity index (χ1n) is 12.0. The van der Waals surface area contributed by atoms with E-state index in [2.05, 4.69) is 0 Å². The number of aromatic nitrogens is 1. The van der Waals surface area contributed by atoms with Gasteiger partial charge in [-0.1, -0.05) is 0 Å². The lowest BCUT2D eigenvalue weighted by molar-refractivity contribution is -0.285. The third-order valence-electron chi connectivity index (χ3n) is 5.45. The average Bonchev–Trinajstić information content (AvgIpc) is 2.95. The zero-order chi connectivity index (χ0) is 30.6. The van der Waals surface area contributed by atoms with Gasteiger partial charge in [0.1, 0.15) is 18.2 Å². The number of ether oxygens (including phenoxy) is 1. The van der Waals surface area contributed by atoms with Crippen molar-refractivity contribution in [1.82, 2.24) is 4.57 Å². The standard InChI is InChI=1S/C21H27F2NO15P2/c1-5-32-36-40(29,37-33-6-2)21(28,41(30,38-34-7-3)39-35-8-4)15-11-31-19-16(23)14(22)9-12-17(19)24(15)10-13(18(12)25)20(26)27/h9-10,15,28H,5-8,11H2,1-4H3,(H,26,27). The molecule has 41 heavy (non-hydrogen) atoms. The highest BCUT2D eigenvalue weighted by Crippen LogP contribution is 2.80. The van der Waals surface area contributed by atoms with E-state index in [1.54, 1.807) is 0 Å². The third kappa shape index (κ3) is 5.83. The molecule has 1 unspecified atom stereocenters. The SMILES string of the molecule is CCOOP(=O)(OOCC)C(O)(C1COc2c(F)c(F)cc3c(=O)c(C(=O)O)cn1c23)P(=O)(OOCC)OOCC. The van der Waals surface area contributed by atoms with Gasteiger partial charge in [0.25, 0.3) is 0 Å². The van der Waals surface area contributed by atoms with Gasteiger partial charge >= 0.3 is 26.2 Å². The molecule has 3 rings (SSSR count). The minimum absolute atomic E-state index is 0.321. The molecule has 1 aromatic heterocycles. The average molecular weight is 633 g/mol. The molecule has 0 radical (unpaired) electrons. The first-order chi connectivity index (χ1) is 19.4. The van der Waals surface area contributed by atoms with E-state index in [9.17, 15) is 37.7 Å². The van der Waals surface area contributed by atoms with Crippen LogP contribution in [-0.2, 0) is 47.4 Å². The molecule has 0 saturated heterocycles. The highest BCUT2D eigenvalue weighted by Gasteiger charge is 2.74. The quantitative estimate of drug-likeness (QED) is 0.154. The molecule has 0 spiro atoms. The second-order valence-corrected chi connectivity index (χ2v) is 12.2. The van der Waals surface area contributed by atoms with Gasteiger partial charge in [-0.2, -0.15) is 4.39 Å². The number of nitrogens with zero attached hydrogens (tertiary/aromatic N) is 1. The van der Waals surface area contributed by atoms with Gasteiger partial charge in [-0.25, -0.2) is 28.7 Å². The Morgan fingerprint density at radius 2 is 1.46 bits per heavy atom. The molecule has 1 aliphatic rings. The number of pyridine rings is 1. The number of rotatable bonds is 16. The maximum absolute atomic E-state index is 14.8. The summed E-state index contributed by atoms with van der Waals surface area (Å²) in [6, 6.07) is -1.79. The molecule has 0 amide bonds. The summed E-state index contributed by atoms with van der Waals surface area (Å²) in [5.41, 5.74) is -2.91. The predicted octanol–water partition coefficient (Wildman–Crippen LogP) is 3.82. The molecule has 230 valence electrons. The molecule has 2 heterocycles. The van der Waals surface area contributed by atoms with E-state index in [-0.39, 0.29) is 26.4 Å². The summed E-state index contributed by atoms with van der Waals surface area (Å²) in [6.07, 6.45) is 0.587. The maximum atomic E-state index is 14.8. The Kier molecular flexibility index (Phi) is 10.8. The highest BCUT2D eigenvalue weighted by atomic mass is 31.2. The van der Waals surface area contributed by atoms with Gasteiger partial charge < -0.3 is 19.5 Å². The molecule has 2 N–H and O–H groups in total. The first kappa shape index (κ1) is 33.2. The zero-order valence-electron chi connectivity index (χ0n) is 22.1. The zero-order valence-corrected chi connectivity index (χ0v) is 23.9. The smallest absolute Gasteiger partial charge is 0.430 e. The molecule has 1 atom stereocenters. The number of carboxylic acid groups (broad SMARTS) is 1. The molecule has 0 saturated carbocycles. The van der Waals surface area contributed by atoms with Crippen LogP contribution in [-0.4, -0.2) is 58.9 Å². The van der Waals surface area contributed by atoms with Crippen molar-refractivity contribution in [1.29, 1.82) is 0 Å². The molecule has 0 fully saturated rings. The van der Waals surface area contributed by atoms with Crippen molar-refractivity contribution in [3.8, 4) is 5.75 Å². The monoisotopic (exact) mass is 633 g/mol. The van der Waals surface area contributed by atoms with Crippen LogP contribution in [0.5, 0.6) is 5.75 Å². The largest absolute Gasteiger partial charge is 0.486 e. The number of aliphatic hydroxyl groups is 1. The number of aromatic carboxylic acids is 1. The van der Waals surface area contributed by atoms with Gasteiger partial charge in [-0.05, 0) is 33.8 Å². The summed E-state index contributed by atoms with van der Waals surface area (Å²) >= 11 is 0. The van der Waals surface area contributed by atoms with Gasteiger partial charge in [0.2, 0.25) is 11.2 Å². The molecule has 0 bridgehead atoms. The summed E-state index contributed by atoms with van der Waals surface area (Å²) in [6.45, 7) is 3.15. The fourth-order valence-electron chi connectivity index (χ4n) is 3.75. The highest BCUT2D eigenvalue weighted by molar-refractivity contribution is 7.73. The van der Waals surface area contributed by atoms with Crippen molar-refractivity contribution in [3.05, 3.63) is 39.7 Å². The maximum Gasteiger partial charge on any atom is 0.430 e. The van der Waals surface area contributed by atoms with E-state index in [0.29, 0.717) is 16.8 Å². The van der Waals surface area contributed by atoms with Crippen molar-refractivity contribution >= 4 is 32.1 Å². The third-order valence-corrected chi connectivity index (χ3v) is 10.3. The molecule has 1 aromatic carbocycles. The van der Waals surface area contributed by atoms with E-state index in [4.69, 9.17) is 43.0 Å². The first-order valence-corrected chi connectivity index (χ1v) is 15.1. The van der Waals surface area contributed by atoms with Crippen molar-refractivity contribution in [2.75, 3.05) is 33.0 Å². The van der Waals surface area contributed by atoms with E-state index in [0.717, 1.165) is 0 Å². The van der Waals surface area contributed by atoms with Crippen LogP contribution >= 0.6 is 15.2 Å². The van der Waals surface area contributed by atoms with Crippen LogP contribution < -0.4 is 10.2 Å². The molecule has 2 aromatic rings. The van der Waals surface area contributed by atoms with Crippen LogP contribution in [0.4, 0.5) is 8.78 Å². The predicted molar refractivity (Wildman–Crippen MR) is 131 cm³/mol. The van der Waals surface area contributed by atoms with Gasteiger partial charge in [0.15, 0.2) is 11.6 Å². The summed E-state index contributed by atoms with van der Waals surface area (Å²) in [4.78, 5) is 43.8. The normalized spacial score (nSPS) is 15.7. The van der Waals surface area contributed by atoms with Crippen molar-refractivity contribution < 1.29 is 75.9 Å². The number of hydrogen-bond acceptors (Lipinski definition) is 14. The Hall–Kier alpha value is -2.34. The molecule has 20 heteroatoms. The van der Waals surface area contributed by atoms with Gasteiger partial charge in [-0.15, -0.1) is 18.7 Å². The van der Waals surface area contributed by atoms with Gasteiger partial charge in [0, 0.05) is 6.20 Å². The minimum Gasteiger partial charge on any atom is -0.486 e. The van der Waals surface area contributed by atoms with Crippen molar-refractivity contribution in [3.63, 3.8) is 0 Å². The Morgan fingerprint density at radius 3 is 1.88 bits per heavy atom. The molecule has 16 nitrogen and oxygen atoms in total. The lowest BCUT2D eigenvalue weighted by Crippen LogP contribution is -2.46. The summed E-state index contributed by atoms with van der Waals surface area (Å²) in [5, 5.41) is 17.5. The van der Waals surface area contributed by atoms with Gasteiger partial charge in [0.05, 0.1) is 37.3 Å². The second-order valence-electron chi connectivity index (χ2n) is 7.92. The van der Waals surface area contributed by atoms with Crippen LogP contribution in [0, 0.1) is 11.6 Å². The van der Waals surface area contributed by atoms with Crippen LogP contribution in [0.15, 0.2) is 17.1 Å². The summed E-state index contributed by atoms with van der Waals surface area (Å²) in [5.74, 6) is -5.86. The van der Waals surface area contributed by atoms with Crippen LogP contribution in [0.1, 0.15) is 44.1 Å². The Labute approximate surface area is 230 Å². The molecular formula is C21H27F2NO15P2. The fourth-order valence-corrected chi connectivity index (χ4v) is 7.94. The van der Waals surface area contributed by atoms with Crippen LogP contribution in [0.25, 0.3) is 10.9 Å². The molecule has 1 aliphatic heterocycles. The number of hydrogen-bond donors (Lipinski definition) is 2. The van der Waals surface area contributed by atoms with Crippen LogP contribution in [0.2, 0.25) is 0 Å². The number of halogens is 2. The number of carboxylic acids is 1. The van der Waals surface area contributed by atoms with E-state index < -0.39 is 78.2 Å². The van der Waals surface area contributed by atoms with E-state index in [1.165, 1.54) is 27.7 Å². The van der Waals surface area contributed by atoms with Crippen LogP contribution in [0.3, 0.4) is 0 Å². The fraction of sp³-hybridized carbons (Fsp3) is 0.524. The summed E-state index contributed by atoms with van der Waals surface area (Å²) < 4.78 is 83.2. The number of carbonyl (C=O) groups is 1. The summed E-state index contributed by atoms with van der Waals surface area (Å²) in [7, 11) is -11.2. The topological polar surface area (TPSA) is 197 Å². The lowest BCUT2D eigenvalue weighted by Gasteiger charge is -2.42. The van der Waals surface area contributed by atoms with Crippen molar-refractivity contribution in [2.45, 2.75) is 38.8 Å². The molecule has 0 aliphatic carbocycles. The Balaban J connectivity index is 2.50. The minimum atomic E-state index is -5.59. The van der Waals surface area contributed by atoms with Crippen molar-refractivity contribution in [2.24, 2.45) is 0 Å². The van der Waals surface area contributed by atoms with E-state index in [1.807, 2.05) is 0 Å².